The van der Waals surface area contributed by atoms with Gasteiger partial charge in [-0.3, -0.25) is 4.79 Å². The molecule has 0 radical (unpaired) electrons. The molecule has 12 heteroatoms. The van der Waals surface area contributed by atoms with Gasteiger partial charge < -0.3 is 19.9 Å². The number of para-hydroxylation sites is 1. The number of fused-ring (bicyclic) bond motifs is 1. The molecule has 32 heavy (non-hydrogen) atoms. The van der Waals surface area contributed by atoms with Crippen LogP contribution in [0.5, 0.6) is 0 Å². The van der Waals surface area contributed by atoms with Crippen molar-refractivity contribution in [3.8, 4) is 11.4 Å². The number of halogens is 3. The first kappa shape index (κ1) is 21.7. The van der Waals surface area contributed by atoms with E-state index in [-0.39, 0.29) is 18.1 Å². The van der Waals surface area contributed by atoms with Crippen LogP contribution in [-0.4, -0.2) is 34.0 Å². The van der Waals surface area contributed by atoms with Gasteiger partial charge >= 0.3 is 18.2 Å². The first-order valence-electron chi connectivity index (χ1n) is 9.22. The number of rotatable bonds is 4. The van der Waals surface area contributed by atoms with Crippen LogP contribution in [0.25, 0.3) is 11.4 Å². The molecule has 1 aliphatic rings. The summed E-state index contributed by atoms with van der Waals surface area (Å²) in [6.45, 7) is 0.134. The molecule has 2 aromatic carbocycles. The van der Waals surface area contributed by atoms with Crippen molar-refractivity contribution >= 4 is 29.4 Å². The van der Waals surface area contributed by atoms with Crippen LogP contribution in [0.2, 0.25) is 0 Å². The van der Waals surface area contributed by atoms with Gasteiger partial charge in [-0.25, -0.2) is 4.79 Å². The maximum atomic E-state index is 13.1. The Labute approximate surface area is 183 Å². The molecule has 0 aliphatic carbocycles. The maximum absolute atomic E-state index is 13.1. The minimum atomic E-state index is -4.73. The monoisotopic (exact) mass is 464 g/mol. The maximum Gasteiger partial charge on any atom is 0.471 e. The Morgan fingerprint density at radius 2 is 1.94 bits per heavy atom. The molecule has 166 valence electrons. The van der Waals surface area contributed by atoms with Gasteiger partial charge in [0.15, 0.2) is 6.10 Å². The number of hydrogen-bond donors (Lipinski definition) is 1. The van der Waals surface area contributed by atoms with Crippen LogP contribution >= 0.6 is 11.8 Å². The lowest BCUT2D eigenvalue weighted by atomic mass is 10.1. The standard InChI is InChI=1S/C20H15F3N4O4S/c21-20(22,23)18-25-16(26-31-18)12-7-5-11(6-8-12)9-27-13-3-1-2-4-15(13)32-10-14(17(27)28)30-19(24)29/h1-8,14H,9-10H2,(H2,24,29). The van der Waals surface area contributed by atoms with Gasteiger partial charge in [0.2, 0.25) is 5.82 Å². The van der Waals surface area contributed by atoms with Crippen LogP contribution in [-0.2, 0) is 22.3 Å². The van der Waals surface area contributed by atoms with Crippen molar-refractivity contribution < 1.29 is 32.0 Å². The van der Waals surface area contributed by atoms with Crippen LogP contribution in [0.4, 0.5) is 23.7 Å². The Morgan fingerprint density at radius 3 is 2.59 bits per heavy atom. The topological polar surface area (TPSA) is 112 Å². The number of carbonyl (C=O) groups excluding carboxylic acids is 2. The minimum absolute atomic E-state index is 0.134. The SMILES string of the molecule is NC(=O)OC1CSc2ccccc2N(Cc2ccc(-c3noc(C(F)(F)F)n3)cc2)C1=O. The molecule has 3 aromatic rings. The number of primary amides is 1. The number of nitrogens with zero attached hydrogens (tertiary/aromatic N) is 3. The zero-order chi connectivity index (χ0) is 22.9. The van der Waals surface area contributed by atoms with E-state index in [9.17, 15) is 22.8 Å². The van der Waals surface area contributed by atoms with Gasteiger partial charge in [0.1, 0.15) is 0 Å². The number of hydrogen-bond acceptors (Lipinski definition) is 7. The summed E-state index contributed by atoms with van der Waals surface area (Å²) in [7, 11) is 0. The predicted octanol–water partition coefficient (Wildman–Crippen LogP) is 3.86. The lowest BCUT2D eigenvalue weighted by Crippen LogP contribution is -2.42. The van der Waals surface area contributed by atoms with Crippen molar-refractivity contribution in [1.29, 1.82) is 0 Å². The van der Waals surface area contributed by atoms with E-state index in [2.05, 4.69) is 14.7 Å². The molecule has 0 saturated heterocycles. The molecule has 1 aliphatic heterocycles. The van der Waals surface area contributed by atoms with Gasteiger partial charge in [-0.1, -0.05) is 41.6 Å². The number of aromatic nitrogens is 2. The summed E-state index contributed by atoms with van der Waals surface area (Å²) in [4.78, 5) is 30.0. The first-order valence-corrected chi connectivity index (χ1v) is 10.2. The molecule has 1 unspecified atom stereocenters. The lowest BCUT2D eigenvalue weighted by molar-refractivity contribution is -0.159. The molecule has 0 fully saturated rings. The molecular weight excluding hydrogens is 449 g/mol. The second-order valence-electron chi connectivity index (χ2n) is 6.75. The van der Waals surface area contributed by atoms with Crippen LogP contribution in [0.1, 0.15) is 11.5 Å². The van der Waals surface area contributed by atoms with Crippen LogP contribution < -0.4 is 10.6 Å². The molecule has 1 atom stereocenters. The van der Waals surface area contributed by atoms with Crippen molar-refractivity contribution in [2.75, 3.05) is 10.7 Å². The van der Waals surface area contributed by atoms with Crippen molar-refractivity contribution in [3.05, 3.63) is 60.0 Å². The van der Waals surface area contributed by atoms with E-state index in [4.69, 9.17) is 10.5 Å². The third kappa shape index (κ3) is 4.54. The van der Waals surface area contributed by atoms with Crippen molar-refractivity contribution in [1.82, 2.24) is 10.1 Å². The Bertz CT molecular complexity index is 1150. The van der Waals surface area contributed by atoms with E-state index >= 15 is 0 Å². The largest absolute Gasteiger partial charge is 0.471 e. The number of alkyl halides is 3. The van der Waals surface area contributed by atoms with Gasteiger partial charge in [-0.15, -0.1) is 11.8 Å². The van der Waals surface area contributed by atoms with Crippen molar-refractivity contribution in [2.24, 2.45) is 5.73 Å². The summed E-state index contributed by atoms with van der Waals surface area (Å²) >= 11 is 1.37. The van der Waals surface area contributed by atoms with Crippen LogP contribution in [0.3, 0.4) is 0 Å². The number of amides is 2. The molecule has 8 nitrogen and oxygen atoms in total. The fraction of sp³-hybridized carbons (Fsp3) is 0.200. The fourth-order valence-corrected chi connectivity index (χ4v) is 4.16. The normalized spacial score (nSPS) is 16.4. The first-order chi connectivity index (χ1) is 15.2. The van der Waals surface area contributed by atoms with Gasteiger partial charge in [0.05, 0.1) is 12.2 Å². The Morgan fingerprint density at radius 1 is 1.22 bits per heavy atom. The Hall–Kier alpha value is -3.54. The lowest BCUT2D eigenvalue weighted by Gasteiger charge is -2.25. The summed E-state index contributed by atoms with van der Waals surface area (Å²) in [6, 6.07) is 13.6. The van der Waals surface area contributed by atoms with E-state index in [0.29, 0.717) is 16.8 Å². The van der Waals surface area contributed by atoms with Crippen LogP contribution in [0, 0.1) is 0 Å². The number of nitrogens with two attached hydrogens (primary N) is 1. The number of benzene rings is 2. The van der Waals surface area contributed by atoms with Crippen LogP contribution in [0.15, 0.2) is 57.9 Å². The smallest absolute Gasteiger partial charge is 0.435 e. The molecule has 0 bridgehead atoms. The summed E-state index contributed by atoms with van der Waals surface area (Å²) in [5.74, 6) is -1.85. The molecule has 0 saturated carbocycles. The molecule has 2 heterocycles. The van der Waals surface area contributed by atoms with E-state index in [1.54, 1.807) is 24.3 Å². The zero-order valence-electron chi connectivity index (χ0n) is 16.2. The summed E-state index contributed by atoms with van der Waals surface area (Å²) in [5, 5.41) is 3.36. The second kappa shape index (κ2) is 8.54. The summed E-state index contributed by atoms with van der Waals surface area (Å²) < 4.78 is 47.3. The highest BCUT2D eigenvalue weighted by atomic mass is 32.2. The van der Waals surface area contributed by atoms with E-state index < -0.39 is 30.2 Å². The average molecular weight is 464 g/mol. The molecule has 2 N–H and O–H groups in total. The van der Waals surface area contributed by atoms with Gasteiger partial charge in [-0.05, 0) is 17.7 Å². The van der Waals surface area contributed by atoms with Crippen molar-refractivity contribution in [2.45, 2.75) is 23.7 Å². The number of carbonyl (C=O) groups is 2. The Kier molecular flexibility index (Phi) is 5.78. The number of ether oxygens (including phenoxy) is 1. The van der Waals surface area contributed by atoms with Crippen molar-refractivity contribution in [3.63, 3.8) is 0 Å². The predicted molar refractivity (Wildman–Crippen MR) is 108 cm³/mol. The summed E-state index contributed by atoms with van der Waals surface area (Å²) in [6.07, 6.45) is -6.82. The molecule has 0 spiro atoms. The van der Waals surface area contributed by atoms with E-state index in [1.807, 2.05) is 12.1 Å². The minimum Gasteiger partial charge on any atom is -0.435 e. The zero-order valence-corrected chi connectivity index (χ0v) is 17.0. The second-order valence-corrected chi connectivity index (χ2v) is 7.81. The molecule has 2 amide bonds. The average Bonchev–Trinajstić information content (AvgIpc) is 3.22. The van der Waals surface area contributed by atoms with E-state index in [0.717, 1.165) is 4.90 Å². The molecule has 1 aromatic heterocycles. The summed E-state index contributed by atoms with van der Waals surface area (Å²) in [5.41, 5.74) is 6.76. The molecule has 4 rings (SSSR count). The fourth-order valence-electron chi connectivity index (χ4n) is 3.12. The van der Waals surface area contributed by atoms with Gasteiger partial charge in [-0.2, -0.15) is 18.2 Å². The van der Waals surface area contributed by atoms with Gasteiger partial charge in [0, 0.05) is 16.2 Å². The third-order valence-corrected chi connectivity index (χ3v) is 5.69. The third-order valence-electron chi connectivity index (χ3n) is 4.57. The quantitative estimate of drug-likeness (QED) is 0.624. The highest BCUT2D eigenvalue weighted by Crippen LogP contribution is 2.36. The number of thioether (sulfide) groups is 1. The number of anilines is 1. The highest BCUT2D eigenvalue weighted by molar-refractivity contribution is 7.99. The highest BCUT2D eigenvalue weighted by Gasteiger charge is 2.38. The van der Waals surface area contributed by atoms with E-state index in [1.165, 1.54) is 28.8 Å². The molecular formula is C20H15F3N4O4S. The van der Waals surface area contributed by atoms with Gasteiger partial charge in [0.25, 0.3) is 5.91 Å². The Balaban J connectivity index is 1.59.